The predicted molar refractivity (Wildman–Crippen MR) is 98.9 cm³/mol. The molecular formula is C17H21ClN6S. The third-order valence-electron chi connectivity index (χ3n) is 5.54. The molecule has 2 N–H and O–H groups in total. The molecule has 4 rings (SSSR count). The van der Waals surface area contributed by atoms with Crippen LogP contribution in [0, 0.1) is 5.41 Å². The molecule has 0 aromatic carbocycles. The van der Waals surface area contributed by atoms with Crippen LogP contribution >= 0.6 is 23.4 Å². The Morgan fingerprint density at radius 1 is 1.08 bits per heavy atom. The van der Waals surface area contributed by atoms with E-state index in [2.05, 4.69) is 25.1 Å². The van der Waals surface area contributed by atoms with Crippen molar-refractivity contribution in [1.82, 2.24) is 20.2 Å². The number of nitrogens with two attached hydrogens (primary N) is 1. The molecule has 2 aliphatic rings. The predicted octanol–water partition coefficient (Wildman–Crippen LogP) is 3.17. The van der Waals surface area contributed by atoms with Gasteiger partial charge in [0.05, 0.1) is 34.7 Å². The minimum atomic E-state index is 0.366. The Kier molecular flexibility index (Phi) is 4.80. The molecule has 8 heteroatoms. The van der Waals surface area contributed by atoms with Crippen molar-refractivity contribution < 1.29 is 0 Å². The minimum absolute atomic E-state index is 0.366. The SMILES string of the molecule is N[C@@H]1CCCC12CCN(c1cnc(Sc3cnncc3Cl)cn1)CC2. The van der Waals surface area contributed by atoms with Gasteiger partial charge in [-0.15, -0.1) is 0 Å². The first kappa shape index (κ1) is 17.0. The van der Waals surface area contributed by atoms with Crippen LogP contribution in [0.15, 0.2) is 34.7 Å². The van der Waals surface area contributed by atoms with Crippen molar-refractivity contribution in [3.8, 4) is 0 Å². The van der Waals surface area contributed by atoms with Crippen LogP contribution < -0.4 is 10.6 Å². The van der Waals surface area contributed by atoms with E-state index in [1.54, 1.807) is 12.4 Å². The Hall–Kier alpha value is -1.44. The lowest BCUT2D eigenvalue weighted by molar-refractivity contribution is 0.197. The summed E-state index contributed by atoms with van der Waals surface area (Å²) in [5.41, 5.74) is 6.73. The van der Waals surface area contributed by atoms with Crippen molar-refractivity contribution in [2.45, 2.75) is 48.1 Å². The molecule has 0 radical (unpaired) electrons. The molecule has 0 unspecified atom stereocenters. The van der Waals surface area contributed by atoms with E-state index in [1.165, 1.54) is 37.2 Å². The van der Waals surface area contributed by atoms with Crippen LogP contribution in [0.5, 0.6) is 0 Å². The van der Waals surface area contributed by atoms with Crippen molar-refractivity contribution >= 4 is 29.2 Å². The Bertz CT molecular complexity index is 732. The summed E-state index contributed by atoms with van der Waals surface area (Å²) < 4.78 is 0. The zero-order chi connectivity index (χ0) is 17.3. The molecule has 0 bridgehead atoms. The number of halogens is 1. The lowest BCUT2D eigenvalue weighted by atomic mass is 9.74. The molecule has 6 nitrogen and oxygen atoms in total. The maximum absolute atomic E-state index is 6.36. The van der Waals surface area contributed by atoms with Crippen LogP contribution in [-0.4, -0.2) is 39.3 Å². The molecule has 1 spiro atoms. The number of piperidine rings is 1. The standard InChI is InChI=1S/C17H21ClN6S/c18-12-8-22-23-9-13(12)25-16-11-20-15(10-21-16)24-6-4-17(5-7-24)3-1-2-14(17)19/h8-11,14H,1-7,19H2/t14-/m1/s1. The number of nitrogens with zero attached hydrogens (tertiary/aromatic N) is 5. The fraction of sp³-hybridized carbons (Fsp3) is 0.529. The van der Waals surface area contributed by atoms with E-state index in [0.29, 0.717) is 16.5 Å². The summed E-state index contributed by atoms with van der Waals surface area (Å²) in [5, 5.41) is 8.97. The van der Waals surface area contributed by atoms with Crippen LogP contribution in [0.3, 0.4) is 0 Å². The van der Waals surface area contributed by atoms with Crippen molar-refractivity contribution in [3.05, 3.63) is 29.8 Å². The minimum Gasteiger partial charge on any atom is -0.355 e. The highest BCUT2D eigenvalue weighted by Gasteiger charge is 2.42. The van der Waals surface area contributed by atoms with Gasteiger partial charge in [0.15, 0.2) is 0 Å². The van der Waals surface area contributed by atoms with Gasteiger partial charge in [-0.1, -0.05) is 29.8 Å². The van der Waals surface area contributed by atoms with E-state index in [0.717, 1.165) is 41.7 Å². The van der Waals surface area contributed by atoms with Gasteiger partial charge in [0.25, 0.3) is 0 Å². The summed E-state index contributed by atoms with van der Waals surface area (Å²) in [7, 11) is 0. The third-order valence-corrected chi connectivity index (χ3v) is 6.92. The van der Waals surface area contributed by atoms with E-state index in [9.17, 15) is 0 Å². The van der Waals surface area contributed by atoms with Gasteiger partial charge in [0.2, 0.25) is 0 Å². The molecule has 2 aromatic rings. The topological polar surface area (TPSA) is 80.8 Å². The number of anilines is 1. The Morgan fingerprint density at radius 2 is 1.88 bits per heavy atom. The summed E-state index contributed by atoms with van der Waals surface area (Å²) in [6.45, 7) is 2.02. The van der Waals surface area contributed by atoms with Gasteiger partial charge in [-0.05, 0) is 31.1 Å². The molecule has 3 heterocycles. The first-order valence-electron chi connectivity index (χ1n) is 8.63. The molecule has 25 heavy (non-hydrogen) atoms. The fourth-order valence-corrected chi connectivity index (χ4v) is 4.87. The average Bonchev–Trinajstić information content (AvgIpc) is 2.99. The van der Waals surface area contributed by atoms with E-state index in [-0.39, 0.29) is 0 Å². The Morgan fingerprint density at radius 3 is 2.52 bits per heavy atom. The Labute approximate surface area is 156 Å². The molecule has 1 saturated heterocycles. The molecule has 1 atom stereocenters. The molecular weight excluding hydrogens is 356 g/mol. The first-order valence-corrected chi connectivity index (χ1v) is 9.82. The Balaban J connectivity index is 1.40. The summed E-state index contributed by atoms with van der Waals surface area (Å²) in [6, 6.07) is 0.373. The zero-order valence-corrected chi connectivity index (χ0v) is 15.5. The second kappa shape index (κ2) is 7.05. The number of aromatic nitrogens is 4. The van der Waals surface area contributed by atoms with Crippen LogP contribution in [0.2, 0.25) is 5.02 Å². The fourth-order valence-electron chi connectivity index (χ4n) is 3.98. The summed E-state index contributed by atoms with van der Waals surface area (Å²) in [5.74, 6) is 0.935. The molecule has 1 aliphatic heterocycles. The van der Waals surface area contributed by atoms with Crippen molar-refractivity contribution in [1.29, 1.82) is 0 Å². The number of rotatable bonds is 3. The molecule has 132 valence electrons. The highest BCUT2D eigenvalue weighted by molar-refractivity contribution is 7.99. The molecule has 1 aliphatic carbocycles. The maximum atomic E-state index is 6.36. The lowest BCUT2D eigenvalue weighted by Crippen LogP contribution is -2.47. The quantitative estimate of drug-likeness (QED) is 0.880. The van der Waals surface area contributed by atoms with E-state index in [1.807, 2.05) is 6.20 Å². The van der Waals surface area contributed by atoms with Gasteiger partial charge in [-0.3, -0.25) is 0 Å². The van der Waals surface area contributed by atoms with Crippen molar-refractivity contribution in [3.63, 3.8) is 0 Å². The molecule has 2 fully saturated rings. The molecule has 1 saturated carbocycles. The van der Waals surface area contributed by atoms with Gasteiger partial charge in [0.1, 0.15) is 10.8 Å². The third kappa shape index (κ3) is 3.45. The highest BCUT2D eigenvalue weighted by Crippen LogP contribution is 2.45. The summed E-state index contributed by atoms with van der Waals surface area (Å²) in [4.78, 5) is 12.3. The molecule has 0 amide bonds. The zero-order valence-electron chi connectivity index (χ0n) is 13.9. The number of hydrogen-bond donors (Lipinski definition) is 1. The van der Waals surface area contributed by atoms with E-state index in [4.69, 9.17) is 17.3 Å². The van der Waals surface area contributed by atoms with Crippen molar-refractivity contribution in [2.75, 3.05) is 18.0 Å². The van der Waals surface area contributed by atoms with Gasteiger partial charge in [-0.2, -0.15) is 10.2 Å². The van der Waals surface area contributed by atoms with Crippen LogP contribution in [0.25, 0.3) is 0 Å². The first-order chi connectivity index (χ1) is 12.2. The van der Waals surface area contributed by atoms with Crippen LogP contribution in [0.4, 0.5) is 5.82 Å². The van der Waals surface area contributed by atoms with Crippen molar-refractivity contribution in [2.24, 2.45) is 11.1 Å². The van der Waals surface area contributed by atoms with E-state index < -0.39 is 0 Å². The highest BCUT2D eigenvalue weighted by atomic mass is 35.5. The van der Waals surface area contributed by atoms with E-state index >= 15 is 0 Å². The van der Waals surface area contributed by atoms with Gasteiger partial charge >= 0.3 is 0 Å². The summed E-state index contributed by atoms with van der Waals surface area (Å²) >= 11 is 7.55. The van der Waals surface area contributed by atoms with Crippen LogP contribution in [0.1, 0.15) is 32.1 Å². The summed E-state index contributed by atoms with van der Waals surface area (Å²) in [6.07, 6.45) is 12.9. The van der Waals surface area contributed by atoms with Gasteiger partial charge < -0.3 is 10.6 Å². The monoisotopic (exact) mass is 376 g/mol. The van der Waals surface area contributed by atoms with Crippen LogP contribution in [-0.2, 0) is 0 Å². The normalized spacial score (nSPS) is 22.5. The largest absolute Gasteiger partial charge is 0.355 e. The second-order valence-electron chi connectivity index (χ2n) is 6.86. The maximum Gasteiger partial charge on any atom is 0.147 e. The smallest absolute Gasteiger partial charge is 0.147 e. The van der Waals surface area contributed by atoms with Gasteiger partial charge in [-0.25, -0.2) is 9.97 Å². The molecule has 2 aromatic heterocycles. The number of hydrogen-bond acceptors (Lipinski definition) is 7. The van der Waals surface area contributed by atoms with Gasteiger partial charge in [0, 0.05) is 19.1 Å². The average molecular weight is 377 g/mol. The lowest BCUT2D eigenvalue weighted by Gasteiger charge is -2.42. The second-order valence-corrected chi connectivity index (χ2v) is 8.33.